The number of carbonyl (C=O) groups is 2. The number of para-hydroxylation sites is 1. The average molecular weight is 422 g/mol. The minimum Gasteiger partial charge on any atom is -0.497 e. The third-order valence-electron chi connectivity index (χ3n) is 4.68. The lowest BCUT2D eigenvalue weighted by Gasteiger charge is -2.25. The Bertz CT molecular complexity index is 1010. The first-order chi connectivity index (χ1) is 13.1. The Hall–Kier alpha value is -2.92. The molecular weight excluding hydrogens is 406 g/mol. The lowest BCUT2D eigenvalue weighted by molar-refractivity contribution is 0.0914. The third-order valence-corrected chi connectivity index (χ3v) is 5.21. The first-order valence-electron chi connectivity index (χ1n) is 8.46. The van der Waals surface area contributed by atoms with Crippen molar-refractivity contribution < 1.29 is 14.3 Å². The van der Waals surface area contributed by atoms with Crippen molar-refractivity contribution in [1.82, 2.24) is 0 Å². The van der Waals surface area contributed by atoms with Crippen LogP contribution in [0, 0.1) is 0 Å². The van der Waals surface area contributed by atoms with Crippen LogP contribution >= 0.6 is 15.9 Å². The lowest BCUT2D eigenvalue weighted by atomic mass is 10.0. The van der Waals surface area contributed by atoms with Crippen LogP contribution in [-0.2, 0) is 0 Å². The van der Waals surface area contributed by atoms with Gasteiger partial charge in [0.05, 0.1) is 12.8 Å². The summed E-state index contributed by atoms with van der Waals surface area (Å²) in [5.41, 5.74) is 2.48. The minimum atomic E-state index is -0.690. The van der Waals surface area contributed by atoms with E-state index in [9.17, 15) is 9.59 Å². The number of Topliss-reactive ketones (excluding diaryl/α,β-unsaturated/α-hetero) is 1. The molecule has 1 aliphatic heterocycles. The number of fused-ring (bicyclic) bond motifs is 1. The van der Waals surface area contributed by atoms with Crippen LogP contribution in [0.1, 0.15) is 32.3 Å². The summed E-state index contributed by atoms with van der Waals surface area (Å²) in [6, 6.07) is 20.9. The molecule has 0 spiro atoms. The maximum Gasteiger partial charge on any atom is 0.259 e. The number of rotatable bonds is 3. The standard InChI is InChI=1S/C22H16BrNO3/c1-27-17-12-8-14(9-13-17)20-21(25)18-4-2-3-5-19(18)24(20)22(26)15-6-10-16(23)11-7-15/h2-13,20H,1H3. The normalized spacial score (nSPS) is 15.6. The van der Waals surface area contributed by atoms with E-state index in [2.05, 4.69) is 15.9 Å². The molecule has 0 fully saturated rings. The summed E-state index contributed by atoms with van der Waals surface area (Å²) < 4.78 is 6.10. The zero-order chi connectivity index (χ0) is 19.0. The van der Waals surface area contributed by atoms with E-state index in [0.29, 0.717) is 22.6 Å². The largest absolute Gasteiger partial charge is 0.497 e. The molecule has 5 heteroatoms. The molecule has 0 saturated heterocycles. The Morgan fingerprint density at radius 1 is 0.963 bits per heavy atom. The van der Waals surface area contributed by atoms with Gasteiger partial charge in [0, 0.05) is 15.6 Å². The van der Waals surface area contributed by atoms with Crippen LogP contribution in [0.15, 0.2) is 77.3 Å². The van der Waals surface area contributed by atoms with Gasteiger partial charge in [0.2, 0.25) is 0 Å². The number of ketones is 1. The number of anilines is 1. The highest BCUT2D eigenvalue weighted by Crippen LogP contribution is 2.41. The minimum absolute atomic E-state index is 0.0822. The van der Waals surface area contributed by atoms with Crippen molar-refractivity contribution in [2.45, 2.75) is 6.04 Å². The van der Waals surface area contributed by atoms with Gasteiger partial charge in [0.15, 0.2) is 5.78 Å². The quantitative estimate of drug-likeness (QED) is 0.594. The van der Waals surface area contributed by atoms with Gasteiger partial charge >= 0.3 is 0 Å². The summed E-state index contributed by atoms with van der Waals surface area (Å²) in [6.45, 7) is 0. The highest BCUT2D eigenvalue weighted by Gasteiger charge is 2.41. The second-order valence-corrected chi connectivity index (χ2v) is 7.15. The zero-order valence-corrected chi connectivity index (χ0v) is 16.1. The van der Waals surface area contributed by atoms with Crippen molar-refractivity contribution in [1.29, 1.82) is 0 Å². The topological polar surface area (TPSA) is 46.6 Å². The van der Waals surface area contributed by atoms with Crippen LogP contribution < -0.4 is 9.64 Å². The first kappa shape index (κ1) is 17.5. The van der Waals surface area contributed by atoms with E-state index in [1.54, 1.807) is 42.3 Å². The Balaban J connectivity index is 1.82. The predicted molar refractivity (Wildman–Crippen MR) is 107 cm³/mol. The molecule has 0 radical (unpaired) electrons. The fourth-order valence-electron chi connectivity index (χ4n) is 3.34. The Morgan fingerprint density at radius 3 is 2.30 bits per heavy atom. The molecule has 1 unspecified atom stereocenters. The number of nitrogens with zero attached hydrogens (tertiary/aromatic N) is 1. The highest BCUT2D eigenvalue weighted by atomic mass is 79.9. The van der Waals surface area contributed by atoms with Crippen molar-refractivity contribution in [3.8, 4) is 5.75 Å². The lowest BCUT2D eigenvalue weighted by Crippen LogP contribution is -2.34. The molecule has 134 valence electrons. The monoisotopic (exact) mass is 421 g/mol. The van der Waals surface area contributed by atoms with E-state index >= 15 is 0 Å². The van der Waals surface area contributed by atoms with E-state index in [1.165, 1.54) is 0 Å². The van der Waals surface area contributed by atoms with Crippen molar-refractivity contribution >= 4 is 33.3 Å². The van der Waals surface area contributed by atoms with Crippen LogP contribution in [0.25, 0.3) is 0 Å². The van der Waals surface area contributed by atoms with Gasteiger partial charge in [-0.3, -0.25) is 14.5 Å². The summed E-state index contributed by atoms with van der Waals surface area (Å²) in [6.07, 6.45) is 0. The van der Waals surface area contributed by atoms with Gasteiger partial charge in [-0.25, -0.2) is 0 Å². The van der Waals surface area contributed by atoms with Gasteiger partial charge in [0.1, 0.15) is 11.8 Å². The van der Waals surface area contributed by atoms with E-state index in [-0.39, 0.29) is 11.7 Å². The Labute approximate surface area is 165 Å². The van der Waals surface area contributed by atoms with E-state index in [1.807, 2.05) is 42.5 Å². The van der Waals surface area contributed by atoms with Crippen molar-refractivity contribution in [2.24, 2.45) is 0 Å². The summed E-state index contributed by atoms with van der Waals surface area (Å²) in [5.74, 6) is 0.412. The average Bonchev–Trinajstić information content (AvgIpc) is 3.01. The SMILES string of the molecule is COc1ccc(C2C(=O)c3ccccc3N2C(=O)c2ccc(Br)cc2)cc1. The summed E-state index contributed by atoms with van der Waals surface area (Å²) in [4.78, 5) is 28.0. The molecule has 0 saturated carbocycles. The molecule has 27 heavy (non-hydrogen) atoms. The smallest absolute Gasteiger partial charge is 0.259 e. The molecule has 1 heterocycles. The van der Waals surface area contributed by atoms with Gasteiger partial charge in [-0.05, 0) is 54.1 Å². The molecule has 1 atom stereocenters. The number of carbonyl (C=O) groups excluding carboxylic acids is 2. The second-order valence-electron chi connectivity index (χ2n) is 6.24. The fourth-order valence-corrected chi connectivity index (χ4v) is 3.60. The summed E-state index contributed by atoms with van der Waals surface area (Å²) >= 11 is 3.38. The van der Waals surface area contributed by atoms with Gasteiger partial charge in [-0.2, -0.15) is 0 Å². The van der Waals surface area contributed by atoms with Crippen molar-refractivity contribution in [3.05, 3.63) is 94.0 Å². The van der Waals surface area contributed by atoms with Crippen LogP contribution in [0.5, 0.6) is 5.75 Å². The zero-order valence-electron chi connectivity index (χ0n) is 14.6. The molecule has 1 aliphatic rings. The van der Waals surface area contributed by atoms with Crippen LogP contribution in [0.2, 0.25) is 0 Å². The molecule has 0 bridgehead atoms. The number of hydrogen-bond acceptors (Lipinski definition) is 3. The number of halogens is 1. The number of methoxy groups -OCH3 is 1. The molecular formula is C22H16BrNO3. The van der Waals surface area contributed by atoms with Crippen LogP contribution in [-0.4, -0.2) is 18.8 Å². The molecule has 4 rings (SSSR count). The van der Waals surface area contributed by atoms with Crippen molar-refractivity contribution in [2.75, 3.05) is 12.0 Å². The number of benzene rings is 3. The molecule has 0 N–H and O–H groups in total. The maximum atomic E-state index is 13.3. The number of ether oxygens (including phenoxy) is 1. The highest BCUT2D eigenvalue weighted by molar-refractivity contribution is 9.10. The molecule has 3 aromatic carbocycles. The molecule has 4 nitrogen and oxygen atoms in total. The number of amides is 1. The van der Waals surface area contributed by atoms with Crippen molar-refractivity contribution in [3.63, 3.8) is 0 Å². The van der Waals surface area contributed by atoms with E-state index < -0.39 is 6.04 Å². The van der Waals surface area contributed by atoms with E-state index in [0.717, 1.165) is 10.0 Å². The van der Waals surface area contributed by atoms with E-state index in [4.69, 9.17) is 4.74 Å². The second kappa shape index (κ2) is 7.00. The van der Waals surface area contributed by atoms with Crippen LogP contribution in [0.3, 0.4) is 0 Å². The van der Waals surface area contributed by atoms with Gasteiger partial charge in [-0.15, -0.1) is 0 Å². The molecule has 0 aromatic heterocycles. The van der Waals surface area contributed by atoms with Gasteiger partial charge in [0.25, 0.3) is 5.91 Å². The first-order valence-corrected chi connectivity index (χ1v) is 9.26. The molecule has 0 aliphatic carbocycles. The summed E-state index contributed by atoms with van der Waals surface area (Å²) in [5, 5.41) is 0. The fraction of sp³-hybridized carbons (Fsp3) is 0.0909. The molecule has 1 amide bonds. The molecule has 3 aromatic rings. The van der Waals surface area contributed by atoms with Gasteiger partial charge < -0.3 is 4.74 Å². The Morgan fingerprint density at radius 2 is 1.63 bits per heavy atom. The Kier molecular flexibility index (Phi) is 4.54. The third kappa shape index (κ3) is 3.04. The number of hydrogen-bond donors (Lipinski definition) is 0. The van der Waals surface area contributed by atoms with Gasteiger partial charge in [-0.1, -0.05) is 40.2 Å². The van der Waals surface area contributed by atoms with Crippen LogP contribution in [0.4, 0.5) is 5.69 Å². The predicted octanol–water partition coefficient (Wildman–Crippen LogP) is 5.04. The summed E-state index contributed by atoms with van der Waals surface area (Å²) in [7, 11) is 1.59. The maximum absolute atomic E-state index is 13.3.